The second-order valence-electron chi connectivity index (χ2n) is 8.40. The maximum atomic E-state index is 15.8. The van der Waals surface area contributed by atoms with E-state index in [1.807, 2.05) is 5.92 Å². The molecule has 0 spiro atoms. The molecule has 2 aromatic rings. The molecular weight excluding hydrogens is 484 g/mol. The molecule has 4 N–H and O–H groups in total. The van der Waals surface area contributed by atoms with Gasteiger partial charge in [0.25, 0.3) is 0 Å². The Labute approximate surface area is 202 Å². The van der Waals surface area contributed by atoms with Crippen LogP contribution in [-0.4, -0.2) is 81.3 Å². The van der Waals surface area contributed by atoms with Crippen molar-refractivity contribution < 1.29 is 32.9 Å². The van der Waals surface area contributed by atoms with Crippen LogP contribution >= 0.6 is 8.18 Å². The quantitative estimate of drug-likeness (QED) is 0.245. The topological polar surface area (TPSA) is 167 Å². The predicted octanol–water partition coefficient (Wildman–Crippen LogP) is 0.678. The molecule has 0 saturated carbocycles. The van der Waals surface area contributed by atoms with E-state index in [2.05, 4.69) is 20.0 Å². The van der Waals surface area contributed by atoms with E-state index in [1.54, 1.807) is 32.8 Å². The van der Waals surface area contributed by atoms with Crippen LogP contribution in [0, 0.1) is 12.3 Å². The number of aliphatic hydroxyl groups is 1. The van der Waals surface area contributed by atoms with Crippen molar-refractivity contribution in [2.45, 2.75) is 57.0 Å². The molecule has 2 aromatic heterocycles. The normalized spacial score (nSPS) is 25.5. The number of imidazole rings is 1. The van der Waals surface area contributed by atoms with Gasteiger partial charge in [-0.25, -0.2) is 9.37 Å². The van der Waals surface area contributed by atoms with Crippen LogP contribution in [0.15, 0.2) is 6.33 Å². The van der Waals surface area contributed by atoms with Crippen molar-refractivity contribution in [3.05, 3.63) is 6.33 Å². The predicted molar refractivity (Wildman–Crippen MR) is 124 cm³/mol. The van der Waals surface area contributed by atoms with Crippen LogP contribution in [0.3, 0.4) is 0 Å². The van der Waals surface area contributed by atoms with E-state index in [0.29, 0.717) is 11.3 Å². The van der Waals surface area contributed by atoms with Crippen molar-refractivity contribution >= 4 is 37.1 Å². The van der Waals surface area contributed by atoms with Gasteiger partial charge in [-0.1, -0.05) is 11.0 Å². The Balaban J connectivity index is 1.78. The van der Waals surface area contributed by atoms with Gasteiger partial charge in [-0.2, -0.15) is 9.97 Å². The third kappa shape index (κ3) is 5.34. The van der Waals surface area contributed by atoms with Gasteiger partial charge in [0.1, 0.15) is 24.9 Å². The Morgan fingerprint density at radius 3 is 2.77 bits per heavy atom. The van der Waals surface area contributed by atoms with Gasteiger partial charge >= 0.3 is 14.1 Å². The molecule has 0 radical (unpaired) electrons. The lowest BCUT2D eigenvalue weighted by Gasteiger charge is -2.23. The Kier molecular flexibility index (Phi) is 7.88. The molecule has 15 heteroatoms. The number of hydrogen-bond acceptors (Lipinski definition) is 11. The van der Waals surface area contributed by atoms with E-state index in [4.69, 9.17) is 26.2 Å². The number of ether oxygens (including phenoxy) is 2. The number of fused-ring (bicyclic) bond motifs is 1. The molecule has 1 unspecified atom stereocenters. The number of esters is 1. The fourth-order valence-electron chi connectivity index (χ4n) is 3.44. The van der Waals surface area contributed by atoms with E-state index >= 15 is 4.39 Å². The summed E-state index contributed by atoms with van der Waals surface area (Å²) in [6.45, 7) is 4.31. The Bertz CT molecular complexity index is 1150. The summed E-state index contributed by atoms with van der Waals surface area (Å²) < 4.78 is 45.2. The number of aliphatic hydroxyl groups excluding tert-OH is 1. The average molecular weight is 512 g/mol. The second kappa shape index (κ2) is 10.3. The number of carbonyl (C=O) groups is 1. The molecule has 1 saturated heterocycles. The number of terminal acetylenes is 1. The molecule has 0 amide bonds. The first-order chi connectivity index (χ1) is 16.4. The zero-order chi connectivity index (χ0) is 26.1. The zero-order valence-electron chi connectivity index (χ0n) is 19.9. The van der Waals surface area contributed by atoms with Gasteiger partial charge in [-0.15, -0.1) is 10.9 Å². The molecular formula is C20H28FN7O6P+. The largest absolute Gasteiger partial charge is 0.613 e. The number of halogens is 1. The Morgan fingerprint density at radius 2 is 2.17 bits per heavy atom. The molecule has 6 atom stereocenters. The average Bonchev–Trinajstić information content (AvgIpc) is 3.30. The van der Waals surface area contributed by atoms with E-state index in [9.17, 15) is 14.5 Å². The third-order valence-corrected chi connectivity index (χ3v) is 6.11. The summed E-state index contributed by atoms with van der Waals surface area (Å²) in [7, 11) is 0.871. The first-order valence-corrected chi connectivity index (χ1v) is 11.8. The number of aromatic nitrogens is 4. The van der Waals surface area contributed by atoms with Gasteiger partial charge in [0.05, 0.1) is 12.4 Å². The van der Waals surface area contributed by atoms with Crippen LogP contribution in [0.4, 0.5) is 16.2 Å². The number of carbonyl (C=O) groups excluding carboxylic acids is 1. The van der Waals surface area contributed by atoms with E-state index in [1.165, 1.54) is 17.8 Å². The van der Waals surface area contributed by atoms with Crippen molar-refractivity contribution in [3.8, 4) is 12.3 Å². The van der Waals surface area contributed by atoms with Gasteiger partial charge < -0.3 is 25.2 Å². The van der Waals surface area contributed by atoms with Crippen LogP contribution in [0.1, 0.15) is 27.0 Å². The summed E-state index contributed by atoms with van der Waals surface area (Å²) in [6, 6.07) is -0.928. The highest BCUT2D eigenvalue weighted by Gasteiger charge is 2.58. The second-order valence-corrected chi connectivity index (χ2v) is 9.43. The molecule has 0 aliphatic carbocycles. The molecule has 0 bridgehead atoms. The van der Waals surface area contributed by atoms with Crippen molar-refractivity contribution in [3.63, 3.8) is 0 Å². The summed E-state index contributed by atoms with van der Waals surface area (Å²) in [5.74, 6) is 1.63. The minimum atomic E-state index is -2.70. The van der Waals surface area contributed by atoms with Gasteiger partial charge in [-0.3, -0.25) is 9.36 Å². The van der Waals surface area contributed by atoms with Crippen molar-refractivity contribution in [1.29, 1.82) is 0 Å². The zero-order valence-corrected chi connectivity index (χ0v) is 20.8. The van der Waals surface area contributed by atoms with Crippen LogP contribution in [0.5, 0.6) is 0 Å². The van der Waals surface area contributed by atoms with Gasteiger partial charge in [0.2, 0.25) is 11.6 Å². The van der Waals surface area contributed by atoms with Crippen molar-refractivity contribution in [1.82, 2.24) is 24.6 Å². The van der Waals surface area contributed by atoms with Gasteiger partial charge in [0.15, 0.2) is 23.2 Å². The molecule has 3 heterocycles. The van der Waals surface area contributed by atoms with E-state index < -0.39 is 50.9 Å². The van der Waals surface area contributed by atoms with Crippen LogP contribution in [0.2, 0.25) is 0 Å². The third-order valence-electron chi connectivity index (χ3n) is 5.12. The fraction of sp³-hybridized carbons (Fsp3) is 0.600. The monoisotopic (exact) mass is 512 g/mol. The highest BCUT2D eigenvalue weighted by atomic mass is 31.1. The lowest BCUT2D eigenvalue weighted by molar-refractivity contribution is -0.149. The lowest BCUT2D eigenvalue weighted by atomic mass is 9.97. The van der Waals surface area contributed by atoms with Crippen LogP contribution in [-0.2, 0) is 23.4 Å². The molecule has 3 rings (SSSR count). The fourth-order valence-corrected chi connectivity index (χ4v) is 4.21. The Hall–Kier alpha value is -2.95. The number of nitrogens with two attached hydrogens (primary N) is 1. The number of rotatable bonds is 9. The summed E-state index contributed by atoms with van der Waals surface area (Å²) in [6.07, 6.45) is 1.66. The van der Waals surface area contributed by atoms with E-state index in [0.717, 1.165) is 0 Å². The van der Waals surface area contributed by atoms with Gasteiger partial charge in [-0.05, 0) is 25.3 Å². The standard InChI is InChI=1S/C20H28FN7O6P/c1-7-20(21)14(29)12(8-32-35(31)26-11(4)17(30)33-10(2)3)34-18(20)28-9-23-13-15(27(5)6)24-19(22)25-16(13)28/h1,9-12,14,18,29H,8H2,2-6H3,(H,26,31)(H2,22,24,25)/q+1/t11-,12+,14+,18+,20+/m0/s1. The maximum absolute atomic E-state index is 15.8. The minimum Gasteiger partial charge on any atom is -0.462 e. The SMILES string of the molecule is C#C[C@@]1(F)[C@H](O)[C@@H](CO[P+](=O)N[C@@H](C)C(=O)OC(C)C)O[C@H]1n1cnc2c(N(C)C)nc(N)nc21. The summed E-state index contributed by atoms with van der Waals surface area (Å²) in [5.41, 5.74) is 3.56. The molecule has 1 aliphatic rings. The number of nitrogen functional groups attached to an aromatic ring is 1. The van der Waals surface area contributed by atoms with Crippen LogP contribution in [0.25, 0.3) is 11.2 Å². The molecule has 1 aliphatic heterocycles. The first kappa shape index (κ1) is 26.7. The minimum absolute atomic E-state index is 0.0836. The lowest BCUT2D eigenvalue weighted by Crippen LogP contribution is -2.42. The highest BCUT2D eigenvalue weighted by molar-refractivity contribution is 7.36. The molecule has 190 valence electrons. The molecule has 13 nitrogen and oxygen atoms in total. The van der Waals surface area contributed by atoms with Gasteiger partial charge in [0, 0.05) is 14.1 Å². The number of nitrogens with one attached hydrogen (secondary N) is 1. The Morgan fingerprint density at radius 1 is 1.49 bits per heavy atom. The summed E-state index contributed by atoms with van der Waals surface area (Å²) in [4.78, 5) is 26.0. The number of anilines is 2. The van der Waals surface area contributed by atoms with Crippen molar-refractivity contribution in [2.24, 2.45) is 0 Å². The number of nitrogens with zero attached hydrogens (tertiary/aromatic N) is 5. The molecule has 0 aromatic carbocycles. The summed E-state index contributed by atoms with van der Waals surface area (Å²) in [5, 5.41) is 13.1. The molecule has 1 fully saturated rings. The maximum Gasteiger partial charge on any atom is 0.613 e. The first-order valence-electron chi connectivity index (χ1n) is 10.6. The van der Waals surface area contributed by atoms with Crippen LogP contribution < -0.4 is 15.7 Å². The number of alkyl halides is 1. The smallest absolute Gasteiger partial charge is 0.462 e. The van der Waals surface area contributed by atoms with E-state index in [-0.39, 0.29) is 17.7 Å². The van der Waals surface area contributed by atoms with Crippen molar-refractivity contribution in [2.75, 3.05) is 31.3 Å². The summed E-state index contributed by atoms with van der Waals surface area (Å²) >= 11 is 0. The molecule has 35 heavy (non-hydrogen) atoms. The highest BCUT2D eigenvalue weighted by Crippen LogP contribution is 2.43. The number of hydrogen-bond donors (Lipinski definition) is 3.